The summed E-state index contributed by atoms with van der Waals surface area (Å²) in [5.41, 5.74) is 0. The third-order valence-electron chi connectivity index (χ3n) is 2.48. The van der Waals surface area contributed by atoms with Crippen molar-refractivity contribution in [1.29, 1.82) is 0 Å². The molecule has 0 aliphatic carbocycles. The van der Waals surface area contributed by atoms with Crippen molar-refractivity contribution in [1.82, 2.24) is 0 Å². The molecule has 0 heterocycles. The fourth-order valence-electron chi connectivity index (χ4n) is 1.59. The van der Waals surface area contributed by atoms with Gasteiger partial charge in [0.25, 0.3) is 0 Å². The largest absolute Gasteiger partial charge is 0.466 e. The Morgan fingerprint density at radius 2 is 1.82 bits per heavy atom. The van der Waals surface area contributed by atoms with E-state index in [0.717, 1.165) is 22.4 Å². The summed E-state index contributed by atoms with van der Waals surface area (Å²) >= 11 is 0. The topological polar surface area (TPSA) is 26.3 Å². The number of carbonyl (C=O) groups is 1. The van der Waals surface area contributed by atoms with E-state index in [1.807, 2.05) is 0 Å². The first-order chi connectivity index (χ1) is 8.29. The molecular formula is C14H20O2Si. The van der Waals surface area contributed by atoms with Crippen molar-refractivity contribution in [3.8, 4) is 0 Å². The Morgan fingerprint density at radius 1 is 1.12 bits per heavy atom. The number of carbonyl (C=O) groups excluding carboxylic acids is 1. The Kier molecular flexibility index (Phi) is 7.39. The van der Waals surface area contributed by atoms with E-state index in [4.69, 9.17) is 4.74 Å². The maximum absolute atomic E-state index is 10.5. The number of hydrogen-bond acceptors (Lipinski definition) is 2. The van der Waals surface area contributed by atoms with Gasteiger partial charge in [-0.1, -0.05) is 60.8 Å². The first kappa shape index (κ1) is 14.0. The van der Waals surface area contributed by atoms with Gasteiger partial charge < -0.3 is 4.74 Å². The zero-order valence-electron chi connectivity index (χ0n) is 10.4. The smallest absolute Gasteiger partial charge is 0.302 e. The molecule has 3 heteroatoms. The van der Waals surface area contributed by atoms with E-state index in [9.17, 15) is 4.79 Å². The molecule has 0 saturated heterocycles. The van der Waals surface area contributed by atoms with Gasteiger partial charge in [-0.25, -0.2) is 0 Å². The van der Waals surface area contributed by atoms with Crippen LogP contribution in [-0.4, -0.2) is 22.1 Å². The van der Waals surface area contributed by atoms with E-state index in [1.165, 1.54) is 31.0 Å². The van der Waals surface area contributed by atoms with Crippen LogP contribution in [0.15, 0.2) is 30.3 Å². The minimum Gasteiger partial charge on any atom is -0.466 e. The summed E-state index contributed by atoms with van der Waals surface area (Å²) in [7, 11) is 0.927. The van der Waals surface area contributed by atoms with Crippen molar-refractivity contribution in [3.05, 3.63) is 30.3 Å². The molecule has 1 rings (SSSR count). The summed E-state index contributed by atoms with van der Waals surface area (Å²) in [6, 6.07) is 11.9. The fourth-order valence-corrected chi connectivity index (χ4v) is 2.73. The van der Waals surface area contributed by atoms with Crippen LogP contribution in [0.1, 0.15) is 32.6 Å². The maximum Gasteiger partial charge on any atom is 0.302 e. The van der Waals surface area contributed by atoms with Gasteiger partial charge in [0.05, 0.1) is 16.1 Å². The van der Waals surface area contributed by atoms with Crippen molar-refractivity contribution in [3.63, 3.8) is 0 Å². The Balaban J connectivity index is 1.90. The van der Waals surface area contributed by atoms with Gasteiger partial charge in [0.15, 0.2) is 0 Å². The molecule has 0 unspecified atom stereocenters. The van der Waals surface area contributed by atoms with Gasteiger partial charge >= 0.3 is 5.97 Å². The van der Waals surface area contributed by atoms with E-state index in [-0.39, 0.29) is 5.97 Å². The van der Waals surface area contributed by atoms with Crippen molar-refractivity contribution in [2.45, 2.75) is 38.7 Å². The molecule has 1 aromatic rings. The zero-order valence-corrected chi connectivity index (χ0v) is 11.4. The molecule has 0 spiro atoms. The molecule has 0 aromatic heterocycles. The number of rotatable bonds is 8. The number of esters is 1. The Bertz CT molecular complexity index is 311. The highest BCUT2D eigenvalue weighted by atomic mass is 28.2. The summed E-state index contributed by atoms with van der Waals surface area (Å²) in [4.78, 5) is 10.5. The highest BCUT2D eigenvalue weighted by Crippen LogP contribution is 2.03. The second-order valence-corrected chi connectivity index (χ2v) is 5.48. The molecule has 1 aromatic carbocycles. The van der Waals surface area contributed by atoms with Gasteiger partial charge in [-0.05, 0) is 6.42 Å². The van der Waals surface area contributed by atoms with Crippen LogP contribution in [0.25, 0.3) is 0 Å². The normalized spacial score (nSPS) is 10.2. The first-order valence-corrected chi connectivity index (χ1v) is 7.42. The molecule has 0 N–H and O–H groups in total. The molecule has 17 heavy (non-hydrogen) atoms. The Morgan fingerprint density at radius 3 is 2.53 bits per heavy atom. The van der Waals surface area contributed by atoms with Gasteiger partial charge in [-0.3, -0.25) is 4.79 Å². The van der Waals surface area contributed by atoms with Crippen LogP contribution >= 0.6 is 0 Å². The van der Waals surface area contributed by atoms with Gasteiger partial charge in [0.1, 0.15) is 0 Å². The van der Waals surface area contributed by atoms with Crippen LogP contribution in [0.2, 0.25) is 6.04 Å². The summed E-state index contributed by atoms with van der Waals surface area (Å²) in [6.45, 7) is 2.04. The third kappa shape index (κ3) is 7.74. The minimum absolute atomic E-state index is 0.171. The number of unbranched alkanes of at least 4 members (excludes halogenated alkanes) is 3. The molecule has 0 saturated carbocycles. The summed E-state index contributed by atoms with van der Waals surface area (Å²) < 4.78 is 4.88. The third-order valence-corrected chi connectivity index (χ3v) is 3.82. The summed E-state index contributed by atoms with van der Waals surface area (Å²) in [6.07, 6.45) is 4.66. The quantitative estimate of drug-likeness (QED) is 0.401. The van der Waals surface area contributed by atoms with Crippen LogP contribution in [0.3, 0.4) is 0 Å². The molecule has 2 nitrogen and oxygen atoms in total. The molecule has 0 aliphatic heterocycles. The predicted octanol–water partition coefficient (Wildman–Crippen LogP) is 2.56. The molecule has 0 bridgehead atoms. The highest BCUT2D eigenvalue weighted by Gasteiger charge is 1.96. The molecule has 0 atom stereocenters. The van der Waals surface area contributed by atoms with Gasteiger partial charge in [-0.15, -0.1) is 0 Å². The van der Waals surface area contributed by atoms with Gasteiger partial charge in [0.2, 0.25) is 0 Å². The lowest BCUT2D eigenvalue weighted by molar-refractivity contribution is -0.141. The SMILES string of the molecule is CC(=O)OCCCCCC[Si]c1ccccc1. The average Bonchev–Trinajstić information content (AvgIpc) is 2.33. The fraction of sp³-hybridized carbons (Fsp3) is 0.500. The van der Waals surface area contributed by atoms with Crippen LogP contribution in [0, 0.1) is 0 Å². The van der Waals surface area contributed by atoms with E-state index < -0.39 is 0 Å². The summed E-state index contributed by atoms with van der Waals surface area (Å²) in [5, 5.41) is 1.45. The second-order valence-electron chi connectivity index (χ2n) is 4.05. The van der Waals surface area contributed by atoms with Crippen LogP contribution < -0.4 is 5.19 Å². The van der Waals surface area contributed by atoms with E-state index in [1.54, 1.807) is 0 Å². The number of ether oxygens (including phenoxy) is 1. The lowest BCUT2D eigenvalue weighted by Gasteiger charge is -2.02. The summed E-state index contributed by atoms with van der Waals surface area (Å²) in [5.74, 6) is -0.171. The first-order valence-electron chi connectivity index (χ1n) is 6.21. The van der Waals surface area contributed by atoms with E-state index in [2.05, 4.69) is 30.3 Å². The molecular weight excluding hydrogens is 228 g/mol. The number of hydrogen-bond donors (Lipinski definition) is 0. The van der Waals surface area contributed by atoms with E-state index in [0.29, 0.717) is 6.61 Å². The lowest BCUT2D eigenvalue weighted by Crippen LogP contribution is -2.12. The van der Waals surface area contributed by atoms with Crippen molar-refractivity contribution in [2.24, 2.45) is 0 Å². The Labute approximate surface area is 106 Å². The average molecular weight is 248 g/mol. The van der Waals surface area contributed by atoms with E-state index >= 15 is 0 Å². The molecule has 2 radical (unpaired) electrons. The van der Waals surface area contributed by atoms with Crippen molar-refractivity contribution >= 4 is 20.7 Å². The van der Waals surface area contributed by atoms with Crippen LogP contribution in [-0.2, 0) is 9.53 Å². The second kappa shape index (κ2) is 8.99. The standard InChI is InChI=1S/C14H20O2Si/c1-13(15)16-11-7-2-3-8-12-17-14-9-5-4-6-10-14/h4-6,9-10H,2-3,7-8,11-12H2,1H3. The van der Waals surface area contributed by atoms with Crippen molar-refractivity contribution < 1.29 is 9.53 Å². The molecule has 0 amide bonds. The van der Waals surface area contributed by atoms with Crippen molar-refractivity contribution in [2.75, 3.05) is 6.61 Å². The van der Waals surface area contributed by atoms with Crippen LogP contribution in [0.5, 0.6) is 0 Å². The molecule has 0 fully saturated rings. The number of benzene rings is 1. The van der Waals surface area contributed by atoms with Crippen LogP contribution in [0.4, 0.5) is 0 Å². The lowest BCUT2D eigenvalue weighted by atomic mass is 10.2. The zero-order chi connectivity index (χ0) is 12.3. The molecule has 0 aliphatic rings. The predicted molar refractivity (Wildman–Crippen MR) is 71.7 cm³/mol. The maximum atomic E-state index is 10.5. The Hall–Kier alpha value is -1.09. The minimum atomic E-state index is -0.171. The van der Waals surface area contributed by atoms with Gasteiger partial charge in [0, 0.05) is 6.92 Å². The monoisotopic (exact) mass is 248 g/mol. The molecule has 92 valence electrons. The van der Waals surface area contributed by atoms with Gasteiger partial charge in [-0.2, -0.15) is 0 Å². The highest BCUT2D eigenvalue weighted by molar-refractivity contribution is 6.53.